The van der Waals surface area contributed by atoms with E-state index in [9.17, 15) is 13.5 Å². The van der Waals surface area contributed by atoms with E-state index in [1.54, 1.807) is 18.2 Å². The molecule has 118 valence electrons. The van der Waals surface area contributed by atoms with Gasteiger partial charge >= 0.3 is 0 Å². The monoisotopic (exact) mass is 313 g/mol. The maximum absolute atomic E-state index is 12.7. The van der Waals surface area contributed by atoms with Crippen molar-refractivity contribution >= 4 is 10.0 Å². The average Bonchev–Trinajstić information content (AvgIpc) is 2.45. The fraction of sp³-hybridized carbons (Fsp3) is 0.600. The normalized spacial score (nSPS) is 24.2. The van der Waals surface area contributed by atoms with Crippen molar-refractivity contribution in [1.29, 1.82) is 0 Å². The highest BCUT2D eigenvalue weighted by Crippen LogP contribution is 2.23. The van der Waals surface area contributed by atoms with E-state index in [2.05, 4.69) is 0 Å². The molecule has 21 heavy (non-hydrogen) atoms. The maximum atomic E-state index is 12.7. The molecule has 1 aromatic rings. The van der Waals surface area contributed by atoms with Gasteiger partial charge < -0.3 is 9.84 Å². The first kappa shape index (κ1) is 16.4. The molecule has 0 radical (unpaired) electrons. The van der Waals surface area contributed by atoms with Gasteiger partial charge in [-0.15, -0.1) is 0 Å². The Morgan fingerprint density at radius 1 is 1.24 bits per heavy atom. The van der Waals surface area contributed by atoms with Crippen molar-refractivity contribution in [3.63, 3.8) is 0 Å². The molecule has 2 atom stereocenters. The van der Waals surface area contributed by atoms with Crippen molar-refractivity contribution in [2.24, 2.45) is 0 Å². The minimum atomic E-state index is -3.54. The Kier molecular flexibility index (Phi) is 5.03. The van der Waals surface area contributed by atoms with Crippen LogP contribution in [0.1, 0.15) is 31.9 Å². The minimum Gasteiger partial charge on any atom is -0.392 e. The summed E-state index contributed by atoms with van der Waals surface area (Å²) in [5.41, 5.74) is 1.65. The van der Waals surface area contributed by atoms with Gasteiger partial charge in [0.2, 0.25) is 10.0 Å². The van der Waals surface area contributed by atoms with Gasteiger partial charge in [0.25, 0.3) is 0 Å². The lowest BCUT2D eigenvalue weighted by atomic mass is 10.1. The van der Waals surface area contributed by atoms with Crippen LogP contribution in [-0.2, 0) is 27.8 Å². The van der Waals surface area contributed by atoms with Gasteiger partial charge in [0.1, 0.15) is 0 Å². The second kappa shape index (κ2) is 6.44. The third kappa shape index (κ3) is 3.45. The number of morpholine rings is 1. The predicted octanol–water partition coefficient (Wildman–Crippen LogP) is 1.54. The van der Waals surface area contributed by atoms with E-state index in [-0.39, 0.29) is 23.7 Å². The van der Waals surface area contributed by atoms with Crippen LogP contribution in [0.2, 0.25) is 0 Å². The standard InChI is InChI=1S/C15H23NO4S/c1-4-13-5-6-15(7-14(13)10-17)21(18,19)16-8-11(2)20-12(3)9-16/h5-7,11-12,17H,4,8-10H2,1-3H3. The molecule has 1 fully saturated rings. The Labute approximate surface area is 126 Å². The number of hydrogen-bond donors (Lipinski definition) is 1. The molecule has 1 N–H and O–H groups in total. The molecule has 6 heteroatoms. The zero-order chi connectivity index (χ0) is 15.6. The van der Waals surface area contributed by atoms with Crippen LogP contribution >= 0.6 is 0 Å². The number of ether oxygens (including phenoxy) is 1. The number of sulfonamides is 1. The van der Waals surface area contributed by atoms with E-state index in [1.807, 2.05) is 20.8 Å². The molecule has 2 rings (SSSR count). The smallest absolute Gasteiger partial charge is 0.243 e. The van der Waals surface area contributed by atoms with Gasteiger partial charge in [-0.3, -0.25) is 0 Å². The number of benzene rings is 1. The maximum Gasteiger partial charge on any atom is 0.243 e. The van der Waals surface area contributed by atoms with Gasteiger partial charge in [-0.1, -0.05) is 13.0 Å². The fourth-order valence-electron chi connectivity index (χ4n) is 2.73. The Balaban J connectivity index is 2.35. The minimum absolute atomic E-state index is 0.115. The molecule has 5 nitrogen and oxygen atoms in total. The highest BCUT2D eigenvalue weighted by Gasteiger charge is 2.32. The summed E-state index contributed by atoms with van der Waals surface area (Å²) in [6.07, 6.45) is 0.536. The first-order valence-corrected chi connectivity index (χ1v) is 8.70. The predicted molar refractivity (Wildman–Crippen MR) is 80.5 cm³/mol. The second-order valence-electron chi connectivity index (χ2n) is 5.52. The number of aliphatic hydroxyl groups is 1. The fourth-order valence-corrected chi connectivity index (χ4v) is 4.37. The summed E-state index contributed by atoms with van der Waals surface area (Å²) in [4.78, 5) is 0.241. The highest BCUT2D eigenvalue weighted by molar-refractivity contribution is 7.89. The number of rotatable bonds is 4. The molecular formula is C15H23NO4S. The first-order valence-electron chi connectivity index (χ1n) is 7.26. The van der Waals surface area contributed by atoms with E-state index in [1.165, 1.54) is 4.31 Å². The Morgan fingerprint density at radius 3 is 2.38 bits per heavy atom. The van der Waals surface area contributed by atoms with E-state index >= 15 is 0 Å². The third-order valence-electron chi connectivity index (χ3n) is 3.75. The molecule has 1 aliphatic heterocycles. The summed E-state index contributed by atoms with van der Waals surface area (Å²) in [6.45, 7) is 6.29. The summed E-state index contributed by atoms with van der Waals surface area (Å²) >= 11 is 0. The molecule has 2 unspecified atom stereocenters. The van der Waals surface area contributed by atoms with Crippen LogP contribution in [0.5, 0.6) is 0 Å². The third-order valence-corrected chi connectivity index (χ3v) is 5.58. The van der Waals surface area contributed by atoms with E-state index in [0.29, 0.717) is 18.7 Å². The molecule has 0 spiro atoms. The molecule has 1 aromatic carbocycles. The molecule has 0 aliphatic carbocycles. The summed E-state index contributed by atoms with van der Waals surface area (Å²) in [7, 11) is -3.54. The summed E-state index contributed by atoms with van der Waals surface area (Å²) in [6, 6.07) is 4.99. The molecule has 1 heterocycles. The second-order valence-corrected chi connectivity index (χ2v) is 7.46. The van der Waals surface area contributed by atoms with Gasteiger partial charge in [-0.05, 0) is 43.5 Å². The van der Waals surface area contributed by atoms with Crippen molar-refractivity contribution in [2.75, 3.05) is 13.1 Å². The largest absolute Gasteiger partial charge is 0.392 e. The molecule has 0 bridgehead atoms. The van der Waals surface area contributed by atoms with Gasteiger partial charge in [0, 0.05) is 13.1 Å². The number of aryl methyl sites for hydroxylation is 1. The van der Waals surface area contributed by atoms with Gasteiger partial charge in [-0.25, -0.2) is 8.42 Å². The number of aliphatic hydroxyl groups excluding tert-OH is 1. The van der Waals surface area contributed by atoms with Crippen molar-refractivity contribution in [3.05, 3.63) is 29.3 Å². The molecule has 0 aromatic heterocycles. The van der Waals surface area contributed by atoms with E-state index in [0.717, 1.165) is 12.0 Å². The molecule has 0 amide bonds. The lowest BCUT2D eigenvalue weighted by molar-refractivity contribution is -0.0440. The van der Waals surface area contributed by atoms with Crippen LogP contribution in [-0.4, -0.2) is 43.1 Å². The summed E-state index contributed by atoms with van der Waals surface area (Å²) in [5, 5.41) is 9.41. The van der Waals surface area contributed by atoms with Crippen LogP contribution in [0.3, 0.4) is 0 Å². The molecular weight excluding hydrogens is 290 g/mol. The summed E-state index contributed by atoms with van der Waals surface area (Å²) < 4.78 is 32.5. The van der Waals surface area contributed by atoms with Crippen molar-refractivity contribution in [3.8, 4) is 0 Å². The Bertz CT molecular complexity index is 590. The van der Waals surface area contributed by atoms with Crippen LogP contribution in [0.4, 0.5) is 0 Å². The van der Waals surface area contributed by atoms with Gasteiger partial charge in [-0.2, -0.15) is 4.31 Å². The topological polar surface area (TPSA) is 66.8 Å². The number of hydrogen-bond acceptors (Lipinski definition) is 4. The van der Waals surface area contributed by atoms with Gasteiger partial charge in [0.15, 0.2) is 0 Å². The van der Waals surface area contributed by atoms with Crippen LogP contribution in [0, 0.1) is 0 Å². The first-order chi connectivity index (χ1) is 9.88. The van der Waals surface area contributed by atoms with Crippen molar-refractivity contribution in [1.82, 2.24) is 4.31 Å². The quantitative estimate of drug-likeness (QED) is 0.915. The van der Waals surface area contributed by atoms with Crippen LogP contribution in [0.15, 0.2) is 23.1 Å². The lowest BCUT2D eigenvalue weighted by Gasteiger charge is -2.34. The van der Waals surface area contributed by atoms with Crippen LogP contribution in [0.25, 0.3) is 0 Å². The van der Waals surface area contributed by atoms with Crippen LogP contribution < -0.4 is 0 Å². The van der Waals surface area contributed by atoms with E-state index in [4.69, 9.17) is 4.74 Å². The average molecular weight is 313 g/mol. The lowest BCUT2D eigenvalue weighted by Crippen LogP contribution is -2.48. The molecule has 1 saturated heterocycles. The van der Waals surface area contributed by atoms with Gasteiger partial charge in [0.05, 0.1) is 23.7 Å². The molecule has 1 aliphatic rings. The van der Waals surface area contributed by atoms with E-state index < -0.39 is 10.0 Å². The zero-order valence-corrected chi connectivity index (χ0v) is 13.6. The summed E-state index contributed by atoms with van der Waals surface area (Å²) in [5.74, 6) is 0. The highest BCUT2D eigenvalue weighted by atomic mass is 32.2. The number of nitrogens with zero attached hydrogens (tertiary/aromatic N) is 1. The molecule has 0 saturated carbocycles. The van der Waals surface area contributed by atoms with Crippen molar-refractivity contribution in [2.45, 2.75) is 50.9 Å². The van der Waals surface area contributed by atoms with Crippen molar-refractivity contribution < 1.29 is 18.3 Å². The SMILES string of the molecule is CCc1ccc(S(=O)(=O)N2CC(C)OC(C)C2)cc1CO. The Morgan fingerprint density at radius 2 is 1.86 bits per heavy atom. The zero-order valence-electron chi connectivity index (χ0n) is 12.7. The Hall–Kier alpha value is -0.950.